The van der Waals surface area contributed by atoms with E-state index in [4.69, 9.17) is 10.2 Å². The average molecular weight is 154 g/mol. The molecule has 0 radical (unpaired) electrons. The van der Waals surface area contributed by atoms with Gasteiger partial charge in [-0.1, -0.05) is 24.3 Å². The molecule has 11 heavy (non-hydrogen) atoms. The minimum Gasteiger partial charge on any atom is -0.479 e. The van der Waals surface area contributed by atoms with E-state index in [0.717, 1.165) is 0 Å². The van der Waals surface area contributed by atoms with Crippen molar-refractivity contribution in [3.05, 3.63) is 24.3 Å². The number of carboxylic acid groups (broad SMARTS) is 1. The Morgan fingerprint density at radius 1 is 1.55 bits per heavy atom. The fourth-order valence-electron chi connectivity index (χ4n) is 1.02. The number of aliphatic carboxylic acids is 1. The third kappa shape index (κ3) is 1.91. The summed E-state index contributed by atoms with van der Waals surface area (Å²) in [4.78, 5) is 10.3. The Kier molecular flexibility index (Phi) is 2.44. The average Bonchev–Trinajstić information content (AvgIpc) is 2.05. The molecule has 0 bridgehead atoms. The van der Waals surface area contributed by atoms with Crippen LogP contribution in [-0.4, -0.2) is 22.3 Å². The molecule has 1 aliphatic carbocycles. The van der Waals surface area contributed by atoms with Gasteiger partial charge in [0.25, 0.3) is 0 Å². The third-order valence-electron chi connectivity index (χ3n) is 1.67. The van der Waals surface area contributed by atoms with Crippen molar-refractivity contribution in [3.8, 4) is 0 Å². The fourth-order valence-corrected chi connectivity index (χ4v) is 1.02. The Hall–Kier alpha value is -1.09. The highest BCUT2D eigenvalue weighted by atomic mass is 16.4. The largest absolute Gasteiger partial charge is 0.479 e. The molecule has 0 aromatic rings. The van der Waals surface area contributed by atoms with Crippen LogP contribution in [0.4, 0.5) is 0 Å². The maximum Gasteiger partial charge on any atom is 0.333 e. The predicted octanol–water partition coefficient (Wildman–Crippen LogP) is 0.564. The number of aliphatic hydroxyl groups is 1. The number of carboxylic acids is 1. The topological polar surface area (TPSA) is 57.5 Å². The highest BCUT2D eigenvalue weighted by Gasteiger charge is 2.22. The molecule has 0 saturated heterocycles. The molecule has 0 fully saturated rings. The molecule has 0 heterocycles. The fraction of sp³-hybridized carbons (Fsp3) is 0.375. The molecule has 1 unspecified atom stereocenters. The molecule has 3 heteroatoms. The summed E-state index contributed by atoms with van der Waals surface area (Å²) >= 11 is 0. The van der Waals surface area contributed by atoms with Crippen molar-refractivity contribution in [1.29, 1.82) is 0 Å². The predicted molar refractivity (Wildman–Crippen MR) is 40.0 cm³/mol. The van der Waals surface area contributed by atoms with Gasteiger partial charge in [0, 0.05) is 5.92 Å². The quantitative estimate of drug-likeness (QED) is 0.611. The van der Waals surface area contributed by atoms with Gasteiger partial charge in [-0.15, -0.1) is 0 Å². The van der Waals surface area contributed by atoms with Crippen LogP contribution in [0.3, 0.4) is 0 Å². The van der Waals surface area contributed by atoms with Gasteiger partial charge in [-0.25, -0.2) is 4.79 Å². The van der Waals surface area contributed by atoms with E-state index in [0.29, 0.717) is 6.42 Å². The van der Waals surface area contributed by atoms with E-state index in [2.05, 4.69) is 0 Å². The van der Waals surface area contributed by atoms with Crippen molar-refractivity contribution in [2.45, 2.75) is 12.5 Å². The number of hydrogen-bond donors (Lipinski definition) is 2. The lowest BCUT2D eigenvalue weighted by Crippen LogP contribution is -2.28. The first-order valence-electron chi connectivity index (χ1n) is 3.46. The monoisotopic (exact) mass is 154 g/mol. The molecule has 0 aliphatic heterocycles. The Morgan fingerprint density at radius 2 is 2.27 bits per heavy atom. The smallest absolute Gasteiger partial charge is 0.333 e. The molecule has 0 aromatic heterocycles. The SMILES string of the molecule is O=C(O)[C@H](O)C1C=CC=CC1. The van der Waals surface area contributed by atoms with Crippen LogP contribution < -0.4 is 0 Å². The molecule has 0 aromatic carbocycles. The second kappa shape index (κ2) is 3.34. The van der Waals surface area contributed by atoms with E-state index in [9.17, 15) is 4.79 Å². The highest BCUT2D eigenvalue weighted by molar-refractivity contribution is 5.72. The van der Waals surface area contributed by atoms with Crippen LogP contribution in [0.5, 0.6) is 0 Å². The highest BCUT2D eigenvalue weighted by Crippen LogP contribution is 2.15. The van der Waals surface area contributed by atoms with Gasteiger partial charge in [-0.3, -0.25) is 0 Å². The molecule has 1 rings (SSSR count). The van der Waals surface area contributed by atoms with Gasteiger partial charge in [-0.2, -0.15) is 0 Å². The zero-order valence-electron chi connectivity index (χ0n) is 5.97. The number of allylic oxidation sites excluding steroid dienone is 3. The van der Waals surface area contributed by atoms with E-state index in [1.807, 2.05) is 12.2 Å². The zero-order chi connectivity index (χ0) is 8.27. The molecular formula is C8H10O3. The maximum atomic E-state index is 10.3. The van der Waals surface area contributed by atoms with Gasteiger partial charge in [0.2, 0.25) is 0 Å². The Bertz CT molecular complexity index is 205. The Balaban J connectivity index is 2.55. The van der Waals surface area contributed by atoms with E-state index in [-0.39, 0.29) is 5.92 Å². The van der Waals surface area contributed by atoms with Crippen molar-refractivity contribution in [1.82, 2.24) is 0 Å². The molecule has 1 aliphatic rings. The van der Waals surface area contributed by atoms with Crippen LogP contribution in [0.25, 0.3) is 0 Å². The standard InChI is InChI=1S/C8H10O3/c9-7(8(10)11)6-4-2-1-3-5-6/h1-4,6-7,9H,5H2,(H,10,11)/t6?,7-/m1/s1. The number of carbonyl (C=O) groups is 1. The summed E-state index contributed by atoms with van der Waals surface area (Å²) in [6.07, 6.45) is 6.47. The summed E-state index contributed by atoms with van der Waals surface area (Å²) in [6.45, 7) is 0. The van der Waals surface area contributed by atoms with Crippen LogP contribution in [0.15, 0.2) is 24.3 Å². The van der Waals surface area contributed by atoms with Crippen LogP contribution >= 0.6 is 0 Å². The lowest BCUT2D eigenvalue weighted by atomic mass is 9.95. The molecule has 2 N–H and O–H groups in total. The molecule has 0 amide bonds. The van der Waals surface area contributed by atoms with Crippen LogP contribution in [-0.2, 0) is 4.79 Å². The summed E-state index contributed by atoms with van der Waals surface area (Å²) in [5.74, 6) is -1.42. The normalized spacial score (nSPS) is 25.0. The summed E-state index contributed by atoms with van der Waals surface area (Å²) in [7, 11) is 0. The third-order valence-corrected chi connectivity index (χ3v) is 1.67. The molecule has 0 saturated carbocycles. The van der Waals surface area contributed by atoms with Crippen molar-refractivity contribution in [3.63, 3.8) is 0 Å². The first kappa shape index (κ1) is 8.01. The van der Waals surface area contributed by atoms with Crippen LogP contribution in [0, 0.1) is 5.92 Å². The minimum atomic E-state index is -1.27. The van der Waals surface area contributed by atoms with Crippen molar-refractivity contribution < 1.29 is 15.0 Å². The zero-order valence-corrected chi connectivity index (χ0v) is 5.97. The summed E-state index contributed by atoms with van der Waals surface area (Å²) in [5.41, 5.74) is 0. The minimum absolute atomic E-state index is 0.266. The molecule has 2 atom stereocenters. The lowest BCUT2D eigenvalue weighted by molar-refractivity contribution is -0.148. The Labute approximate surface area is 64.7 Å². The number of hydrogen-bond acceptors (Lipinski definition) is 2. The second-order valence-electron chi connectivity index (χ2n) is 2.50. The number of aliphatic hydroxyl groups excluding tert-OH is 1. The van der Waals surface area contributed by atoms with E-state index in [1.165, 1.54) is 0 Å². The van der Waals surface area contributed by atoms with E-state index >= 15 is 0 Å². The van der Waals surface area contributed by atoms with Crippen molar-refractivity contribution in [2.75, 3.05) is 0 Å². The maximum absolute atomic E-state index is 10.3. The van der Waals surface area contributed by atoms with Gasteiger partial charge < -0.3 is 10.2 Å². The van der Waals surface area contributed by atoms with E-state index < -0.39 is 12.1 Å². The summed E-state index contributed by atoms with van der Waals surface area (Å²) in [5, 5.41) is 17.5. The van der Waals surface area contributed by atoms with Crippen LogP contribution in [0.1, 0.15) is 6.42 Å². The van der Waals surface area contributed by atoms with Crippen molar-refractivity contribution in [2.24, 2.45) is 5.92 Å². The van der Waals surface area contributed by atoms with Crippen molar-refractivity contribution >= 4 is 5.97 Å². The van der Waals surface area contributed by atoms with Gasteiger partial charge >= 0.3 is 5.97 Å². The summed E-state index contributed by atoms with van der Waals surface area (Å²) in [6, 6.07) is 0. The number of rotatable bonds is 2. The molecular weight excluding hydrogens is 144 g/mol. The van der Waals surface area contributed by atoms with Crippen LogP contribution in [0.2, 0.25) is 0 Å². The second-order valence-corrected chi connectivity index (χ2v) is 2.50. The first-order valence-corrected chi connectivity index (χ1v) is 3.46. The lowest BCUT2D eigenvalue weighted by Gasteiger charge is -2.15. The molecule has 0 spiro atoms. The van der Waals surface area contributed by atoms with Gasteiger partial charge in [-0.05, 0) is 6.42 Å². The van der Waals surface area contributed by atoms with Gasteiger partial charge in [0.15, 0.2) is 6.10 Å². The molecule has 60 valence electrons. The van der Waals surface area contributed by atoms with E-state index in [1.54, 1.807) is 12.2 Å². The van der Waals surface area contributed by atoms with Gasteiger partial charge in [0.1, 0.15) is 0 Å². The Morgan fingerprint density at radius 3 is 2.73 bits per heavy atom. The molecule has 3 nitrogen and oxygen atoms in total. The first-order chi connectivity index (χ1) is 5.22. The summed E-state index contributed by atoms with van der Waals surface area (Å²) < 4.78 is 0. The van der Waals surface area contributed by atoms with Gasteiger partial charge in [0.05, 0.1) is 0 Å².